The molecule has 3 aromatic rings. The fraction of sp³-hybridized carbons (Fsp3) is 0.481. The molecule has 0 spiro atoms. The Morgan fingerprint density at radius 3 is 2.57 bits per heavy atom. The van der Waals surface area contributed by atoms with Crippen LogP contribution in [0.5, 0.6) is 0 Å². The van der Waals surface area contributed by atoms with Gasteiger partial charge in [-0.05, 0) is 56.6 Å². The second-order valence-electron chi connectivity index (χ2n) is 9.24. The first kappa shape index (κ1) is 28.2. The molecule has 1 unspecified atom stereocenters. The highest BCUT2D eigenvalue weighted by Crippen LogP contribution is 2.41. The molecule has 1 aliphatic rings. The Morgan fingerprint density at radius 1 is 1.08 bits per heavy atom. The lowest BCUT2D eigenvalue weighted by molar-refractivity contribution is 0.304. The molecule has 7 nitrogen and oxygen atoms in total. The number of sulfonamides is 1. The topological polar surface area (TPSA) is 91.0 Å². The zero-order valence-electron chi connectivity index (χ0n) is 21.6. The van der Waals surface area contributed by atoms with Gasteiger partial charge in [0.25, 0.3) is 0 Å². The highest BCUT2D eigenvalue weighted by molar-refractivity contribution is 8.06. The van der Waals surface area contributed by atoms with Gasteiger partial charge in [0.05, 0.1) is 11.8 Å². The Balaban J connectivity index is 1.42. The van der Waals surface area contributed by atoms with Crippen molar-refractivity contribution < 1.29 is 8.42 Å². The third-order valence-electron chi connectivity index (χ3n) is 6.52. The molecule has 10 heteroatoms. The van der Waals surface area contributed by atoms with Crippen molar-refractivity contribution in [2.75, 3.05) is 31.1 Å². The summed E-state index contributed by atoms with van der Waals surface area (Å²) in [5.41, 5.74) is 1.17. The molecule has 1 aromatic heterocycles. The lowest BCUT2D eigenvalue weighted by Crippen LogP contribution is -2.33. The molecule has 2 aromatic carbocycles. The number of fused-ring (bicyclic) bond motifs is 1. The summed E-state index contributed by atoms with van der Waals surface area (Å²) in [6.07, 6.45) is 2.70. The van der Waals surface area contributed by atoms with Gasteiger partial charge in [0, 0.05) is 27.2 Å². The van der Waals surface area contributed by atoms with Crippen LogP contribution in [0.25, 0.3) is 0 Å². The standard InChI is InChI=1S/C27H37N5O2S3/c1-3-32(4-2)17-10-18-37(33,34)31-23(16-15-21-11-6-5-7-12-21)27-28-26(29-30-27)19-22-20-35-24-13-8-9-14-25(24)36-22/h5-9,11-14,22-23,31H,3-4,10,15-20H2,1-2H3,(H,28,29,30)/t22?,23-/m1/s1. The van der Waals surface area contributed by atoms with E-state index in [-0.39, 0.29) is 5.75 Å². The van der Waals surface area contributed by atoms with Crippen molar-refractivity contribution in [1.29, 1.82) is 0 Å². The van der Waals surface area contributed by atoms with Crippen LogP contribution in [0.15, 0.2) is 64.4 Å². The number of benzene rings is 2. The predicted octanol–water partition coefficient (Wildman–Crippen LogP) is 4.94. The molecule has 0 radical (unpaired) electrons. The number of thioether (sulfide) groups is 2. The molecular formula is C27H37N5O2S3. The molecule has 37 heavy (non-hydrogen) atoms. The molecule has 0 saturated heterocycles. The zero-order valence-corrected chi connectivity index (χ0v) is 24.0. The summed E-state index contributed by atoms with van der Waals surface area (Å²) in [6.45, 7) is 6.81. The Hall–Kier alpha value is -1.85. The van der Waals surface area contributed by atoms with E-state index in [1.807, 2.05) is 41.7 Å². The number of aryl methyl sites for hydroxylation is 1. The van der Waals surface area contributed by atoms with Crippen molar-refractivity contribution in [2.24, 2.45) is 0 Å². The quantitative estimate of drug-likeness (QED) is 0.289. The smallest absolute Gasteiger partial charge is 0.212 e. The van der Waals surface area contributed by atoms with Gasteiger partial charge in [0.1, 0.15) is 5.82 Å². The molecule has 1 aliphatic heterocycles. The van der Waals surface area contributed by atoms with Crippen molar-refractivity contribution in [3.63, 3.8) is 0 Å². The van der Waals surface area contributed by atoms with E-state index in [1.165, 1.54) is 15.4 Å². The van der Waals surface area contributed by atoms with Gasteiger partial charge in [-0.3, -0.25) is 5.10 Å². The monoisotopic (exact) mass is 559 g/mol. The molecule has 0 aliphatic carbocycles. The highest BCUT2D eigenvalue weighted by Gasteiger charge is 2.25. The van der Waals surface area contributed by atoms with Crippen molar-refractivity contribution in [3.05, 3.63) is 71.8 Å². The third kappa shape index (κ3) is 8.58. The summed E-state index contributed by atoms with van der Waals surface area (Å²) in [6, 6.07) is 18.1. The summed E-state index contributed by atoms with van der Waals surface area (Å²) in [5, 5.41) is 7.95. The Bertz CT molecular complexity index is 1220. The van der Waals surface area contributed by atoms with E-state index >= 15 is 0 Å². The van der Waals surface area contributed by atoms with Crippen molar-refractivity contribution in [3.8, 4) is 0 Å². The SMILES string of the molecule is CCN(CC)CCCS(=O)(=O)N[C@H](CCc1ccccc1)c1n[nH]c(CC2CSc3ccccc3S2)n1. The number of nitrogens with zero attached hydrogens (tertiary/aromatic N) is 3. The van der Waals surface area contributed by atoms with Crippen LogP contribution in [0.3, 0.4) is 0 Å². The normalized spacial score (nSPS) is 16.6. The molecular weight excluding hydrogens is 523 g/mol. The summed E-state index contributed by atoms with van der Waals surface area (Å²) in [5.74, 6) is 2.43. The number of hydrogen-bond donors (Lipinski definition) is 2. The largest absolute Gasteiger partial charge is 0.304 e. The van der Waals surface area contributed by atoms with E-state index in [0.717, 1.165) is 44.1 Å². The average Bonchev–Trinajstić information content (AvgIpc) is 3.38. The first-order valence-electron chi connectivity index (χ1n) is 13.0. The molecule has 0 saturated carbocycles. The molecule has 0 bridgehead atoms. The van der Waals surface area contributed by atoms with E-state index in [4.69, 9.17) is 4.98 Å². The maximum Gasteiger partial charge on any atom is 0.212 e. The van der Waals surface area contributed by atoms with Crippen LogP contribution >= 0.6 is 23.5 Å². The van der Waals surface area contributed by atoms with E-state index in [0.29, 0.717) is 23.9 Å². The minimum absolute atomic E-state index is 0.0952. The van der Waals surface area contributed by atoms with Crippen LogP contribution < -0.4 is 4.72 Å². The van der Waals surface area contributed by atoms with Gasteiger partial charge in [-0.2, -0.15) is 5.10 Å². The van der Waals surface area contributed by atoms with E-state index in [1.54, 1.807) is 0 Å². The van der Waals surface area contributed by atoms with Gasteiger partial charge in [0.15, 0.2) is 5.82 Å². The zero-order chi connectivity index (χ0) is 26.1. The van der Waals surface area contributed by atoms with E-state index in [9.17, 15) is 8.42 Å². The van der Waals surface area contributed by atoms with Crippen LogP contribution in [0.1, 0.15) is 49.9 Å². The number of rotatable bonds is 14. The molecule has 0 amide bonds. The summed E-state index contributed by atoms with van der Waals surface area (Å²) in [7, 11) is -3.47. The number of hydrogen-bond acceptors (Lipinski definition) is 7. The Kier molecular flexibility index (Phi) is 10.5. The van der Waals surface area contributed by atoms with Crippen molar-refractivity contribution in [1.82, 2.24) is 24.8 Å². The Labute approximate surface area is 229 Å². The molecule has 200 valence electrons. The first-order valence-corrected chi connectivity index (χ1v) is 16.5. The molecule has 0 fully saturated rings. The summed E-state index contributed by atoms with van der Waals surface area (Å²) in [4.78, 5) is 9.65. The van der Waals surface area contributed by atoms with Crippen LogP contribution in [0, 0.1) is 0 Å². The van der Waals surface area contributed by atoms with Crippen LogP contribution in [-0.2, 0) is 22.9 Å². The number of aromatic nitrogens is 3. The van der Waals surface area contributed by atoms with Gasteiger partial charge in [-0.25, -0.2) is 18.1 Å². The highest BCUT2D eigenvalue weighted by atomic mass is 32.2. The lowest BCUT2D eigenvalue weighted by Gasteiger charge is -2.22. The van der Waals surface area contributed by atoms with Gasteiger partial charge in [-0.15, -0.1) is 23.5 Å². The van der Waals surface area contributed by atoms with Gasteiger partial charge >= 0.3 is 0 Å². The minimum atomic E-state index is -3.47. The van der Waals surface area contributed by atoms with Crippen LogP contribution in [-0.4, -0.2) is 64.9 Å². The molecule has 2 atom stereocenters. The lowest BCUT2D eigenvalue weighted by atomic mass is 10.1. The van der Waals surface area contributed by atoms with Crippen molar-refractivity contribution in [2.45, 2.75) is 60.6 Å². The third-order valence-corrected chi connectivity index (χ3v) is 10.8. The maximum absolute atomic E-state index is 13.0. The van der Waals surface area contributed by atoms with Crippen molar-refractivity contribution >= 4 is 33.5 Å². The molecule has 2 heterocycles. The van der Waals surface area contributed by atoms with Gasteiger partial charge in [0.2, 0.25) is 10.0 Å². The van der Waals surface area contributed by atoms with Gasteiger partial charge < -0.3 is 4.90 Å². The minimum Gasteiger partial charge on any atom is -0.304 e. The Morgan fingerprint density at radius 2 is 1.81 bits per heavy atom. The number of nitrogens with one attached hydrogen (secondary N) is 2. The maximum atomic E-state index is 13.0. The van der Waals surface area contributed by atoms with Gasteiger partial charge in [-0.1, -0.05) is 56.3 Å². The van der Waals surface area contributed by atoms with E-state index < -0.39 is 16.1 Å². The number of aromatic amines is 1. The van der Waals surface area contributed by atoms with Crippen LogP contribution in [0.4, 0.5) is 0 Å². The van der Waals surface area contributed by atoms with Crippen LogP contribution in [0.2, 0.25) is 0 Å². The summed E-state index contributed by atoms with van der Waals surface area (Å²) >= 11 is 3.76. The predicted molar refractivity (Wildman–Crippen MR) is 154 cm³/mol. The first-order chi connectivity index (χ1) is 18.0. The summed E-state index contributed by atoms with van der Waals surface area (Å²) < 4.78 is 29.0. The molecule has 4 rings (SSSR count). The fourth-order valence-corrected chi connectivity index (χ4v) is 8.32. The van der Waals surface area contributed by atoms with E-state index in [2.05, 4.69) is 70.1 Å². The average molecular weight is 560 g/mol. The second-order valence-corrected chi connectivity index (χ2v) is 13.5. The number of H-pyrrole nitrogens is 1. The second kappa shape index (κ2) is 13.8. The fourth-order valence-electron chi connectivity index (χ4n) is 4.43. The molecule has 2 N–H and O–H groups in total.